The minimum absolute atomic E-state index is 0.0151. The maximum atomic E-state index is 12.4. The fraction of sp³-hybridized carbons (Fsp3) is 0.533. The van der Waals surface area contributed by atoms with Crippen LogP contribution >= 0.6 is 11.3 Å². The zero-order valence-electron chi connectivity index (χ0n) is 12.8. The van der Waals surface area contributed by atoms with Gasteiger partial charge in [0.15, 0.2) is 0 Å². The van der Waals surface area contributed by atoms with Crippen LogP contribution in [0.5, 0.6) is 0 Å². The van der Waals surface area contributed by atoms with Gasteiger partial charge in [0.2, 0.25) is 0 Å². The van der Waals surface area contributed by atoms with Gasteiger partial charge in [0.25, 0.3) is 5.91 Å². The lowest BCUT2D eigenvalue weighted by atomic mass is 10.0. The average molecular weight is 320 g/mol. The van der Waals surface area contributed by atoms with Crippen molar-refractivity contribution in [3.63, 3.8) is 0 Å². The van der Waals surface area contributed by atoms with Gasteiger partial charge in [0.05, 0.1) is 29.4 Å². The molecule has 2 atom stereocenters. The van der Waals surface area contributed by atoms with E-state index in [1.165, 1.54) is 11.3 Å². The van der Waals surface area contributed by atoms with Crippen LogP contribution in [-0.2, 0) is 18.2 Å². The maximum Gasteiger partial charge on any atom is 0.263 e. The van der Waals surface area contributed by atoms with Crippen molar-refractivity contribution in [2.45, 2.75) is 38.3 Å². The number of ether oxygens (including phenoxy) is 1. The van der Waals surface area contributed by atoms with Gasteiger partial charge in [-0.05, 0) is 19.3 Å². The molecule has 0 radical (unpaired) electrons. The highest BCUT2D eigenvalue weighted by atomic mass is 32.1. The second-order valence-electron chi connectivity index (χ2n) is 5.47. The van der Waals surface area contributed by atoms with E-state index in [1.54, 1.807) is 11.8 Å². The van der Waals surface area contributed by atoms with E-state index in [9.17, 15) is 4.79 Å². The molecule has 0 saturated carbocycles. The molecule has 3 heterocycles. The highest BCUT2D eigenvalue weighted by Gasteiger charge is 2.27. The molecule has 22 heavy (non-hydrogen) atoms. The van der Waals surface area contributed by atoms with Gasteiger partial charge in [0, 0.05) is 19.7 Å². The maximum absolute atomic E-state index is 12.4. The van der Waals surface area contributed by atoms with Crippen molar-refractivity contribution < 1.29 is 9.53 Å². The summed E-state index contributed by atoms with van der Waals surface area (Å²) in [6.07, 6.45) is 5.96. The lowest BCUT2D eigenvalue weighted by Gasteiger charge is -2.30. The largest absolute Gasteiger partial charge is 0.372 e. The van der Waals surface area contributed by atoms with E-state index in [-0.39, 0.29) is 18.1 Å². The first kappa shape index (κ1) is 15.2. The number of imidazole rings is 1. The number of rotatable bonds is 4. The Bertz CT molecular complexity index is 652. The lowest BCUT2D eigenvalue weighted by Crippen LogP contribution is -2.40. The van der Waals surface area contributed by atoms with Crippen LogP contribution in [0, 0.1) is 0 Å². The molecule has 1 amide bonds. The Hall–Kier alpha value is -1.73. The molecule has 0 aliphatic carbocycles. The Labute approximate surface area is 133 Å². The fourth-order valence-corrected chi connectivity index (χ4v) is 3.55. The van der Waals surface area contributed by atoms with Gasteiger partial charge in [-0.15, -0.1) is 11.3 Å². The molecule has 3 rings (SSSR count). The Morgan fingerprint density at radius 2 is 2.45 bits per heavy atom. The summed E-state index contributed by atoms with van der Waals surface area (Å²) in [5.74, 6) is -0.0185. The van der Waals surface area contributed by atoms with E-state index >= 15 is 0 Å². The van der Waals surface area contributed by atoms with E-state index in [1.807, 2.05) is 24.7 Å². The van der Waals surface area contributed by atoms with Crippen LogP contribution in [0.25, 0.3) is 0 Å². The summed E-state index contributed by atoms with van der Waals surface area (Å²) in [5, 5.41) is 3.13. The second-order valence-corrected chi connectivity index (χ2v) is 6.32. The Morgan fingerprint density at radius 1 is 1.59 bits per heavy atom. The first-order valence-corrected chi connectivity index (χ1v) is 8.38. The fourth-order valence-electron chi connectivity index (χ4n) is 2.77. The van der Waals surface area contributed by atoms with Crippen molar-refractivity contribution in [3.8, 4) is 0 Å². The van der Waals surface area contributed by atoms with Crippen LogP contribution in [0.1, 0.15) is 46.9 Å². The van der Waals surface area contributed by atoms with Crippen molar-refractivity contribution >= 4 is 17.2 Å². The number of carbonyl (C=O) groups excluding carboxylic acids is 1. The number of amides is 1. The molecule has 1 fully saturated rings. The first-order chi connectivity index (χ1) is 10.7. The van der Waals surface area contributed by atoms with E-state index < -0.39 is 0 Å². The van der Waals surface area contributed by atoms with Gasteiger partial charge in [-0.3, -0.25) is 4.79 Å². The average Bonchev–Trinajstić information content (AvgIpc) is 3.15. The molecule has 0 bridgehead atoms. The summed E-state index contributed by atoms with van der Waals surface area (Å²) in [5.41, 5.74) is 3.65. The van der Waals surface area contributed by atoms with Crippen LogP contribution in [0.4, 0.5) is 0 Å². The van der Waals surface area contributed by atoms with E-state index in [0.717, 1.165) is 35.5 Å². The molecule has 2 aromatic rings. The molecular formula is C15H20N4O2S. The molecule has 0 unspecified atom stereocenters. The highest BCUT2D eigenvalue weighted by Crippen LogP contribution is 2.28. The number of hydrogen-bond donors (Lipinski definition) is 1. The monoisotopic (exact) mass is 320 g/mol. The number of thiazole rings is 1. The summed E-state index contributed by atoms with van der Waals surface area (Å²) in [4.78, 5) is 21.5. The predicted octanol–water partition coefficient (Wildman–Crippen LogP) is 2.09. The number of aryl methyl sites for hydroxylation is 2. The molecule has 1 aliphatic heterocycles. The summed E-state index contributed by atoms with van der Waals surface area (Å²) >= 11 is 1.40. The van der Waals surface area contributed by atoms with Crippen LogP contribution in [0.3, 0.4) is 0 Å². The molecule has 0 spiro atoms. The van der Waals surface area contributed by atoms with Crippen molar-refractivity contribution in [2.24, 2.45) is 7.05 Å². The van der Waals surface area contributed by atoms with E-state index in [2.05, 4.69) is 15.3 Å². The second kappa shape index (κ2) is 6.58. The summed E-state index contributed by atoms with van der Waals surface area (Å²) < 4.78 is 7.79. The topological polar surface area (TPSA) is 69.0 Å². The molecule has 2 aromatic heterocycles. The third kappa shape index (κ3) is 3.05. The SMILES string of the molecule is CCc1ncsc1C(=O)N[C@@H]1CCO[C@@H](c2cncn2C)C1. The van der Waals surface area contributed by atoms with Crippen LogP contribution in [-0.4, -0.2) is 33.1 Å². The van der Waals surface area contributed by atoms with Gasteiger partial charge < -0.3 is 14.6 Å². The molecule has 7 heteroatoms. The van der Waals surface area contributed by atoms with E-state index in [4.69, 9.17) is 4.74 Å². The van der Waals surface area contributed by atoms with Crippen molar-refractivity contribution in [1.29, 1.82) is 0 Å². The van der Waals surface area contributed by atoms with Gasteiger partial charge in [-0.1, -0.05) is 6.92 Å². The van der Waals surface area contributed by atoms with E-state index in [0.29, 0.717) is 6.61 Å². The molecule has 1 saturated heterocycles. The quantitative estimate of drug-likeness (QED) is 0.936. The molecule has 6 nitrogen and oxygen atoms in total. The highest BCUT2D eigenvalue weighted by molar-refractivity contribution is 7.11. The zero-order valence-corrected chi connectivity index (χ0v) is 13.6. The minimum Gasteiger partial charge on any atom is -0.372 e. The number of aromatic nitrogens is 3. The third-order valence-electron chi connectivity index (χ3n) is 3.99. The number of nitrogens with one attached hydrogen (secondary N) is 1. The van der Waals surface area contributed by atoms with Gasteiger partial charge in [0.1, 0.15) is 11.0 Å². The molecular weight excluding hydrogens is 300 g/mol. The predicted molar refractivity (Wildman–Crippen MR) is 83.9 cm³/mol. The molecule has 118 valence electrons. The van der Waals surface area contributed by atoms with Crippen molar-refractivity contribution in [1.82, 2.24) is 19.9 Å². The van der Waals surface area contributed by atoms with Crippen LogP contribution < -0.4 is 5.32 Å². The third-order valence-corrected chi connectivity index (χ3v) is 4.85. The number of hydrogen-bond acceptors (Lipinski definition) is 5. The Balaban J connectivity index is 1.65. The minimum atomic E-state index is -0.0185. The van der Waals surface area contributed by atoms with Crippen molar-refractivity contribution in [2.75, 3.05) is 6.61 Å². The smallest absolute Gasteiger partial charge is 0.263 e. The normalized spacial score (nSPS) is 21.7. The van der Waals surface area contributed by atoms with Crippen molar-refractivity contribution in [3.05, 3.63) is 34.3 Å². The molecule has 1 N–H and O–H groups in total. The summed E-state index contributed by atoms with van der Waals surface area (Å²) in [6.45, 7) is 2.66. The molecule has 1 aliphatic rings. The number of carbonyl (C=O) groups is 1. The Kier molecular flexibility index (Phi) is 4.54. The van der Waals surface area contributed by atoms with Gasteiger partial charge in [-0.25, -0.2) is 9.97 Å². The summed E-state index contributed by atoms with van der Waals surface area (Å²) in [6, 6.07) is 0.118. The summed E-state index contributed by atoms with van der Waals surface area (Å²) in [7, 11) is 1.96. The van der Waals surface area contributed by atoms with Crippen LogP contribution in [0.2, 0.25) is 0 Å². The zero-order chi connectivity index (χ0) is 15.5. The van der Waals surface area contributed by atoms with Gasteiger partial charge >= 0.3 is 0 Å². The first-order valence-electron chi connectivity index (χ1n) is 7.50. The van der Waals surface area contributed by atoms with Gasteiger partial charge in [-0.2, -0.15) is 0 Å². The standard InChI is InChI=1S/C15H20N4O2S/c1-3-11-14(22-9-17-11)15(20)18-10-4-5-21-13(6-10)12-7-16-8-19(12)2/h7-10,13H,3-6H2,1-2H3,(H,18,20)/t10-,13-/m1/s1. The number of nitrogens with zero attached hydrogens (tertiary/aromatic N) is 3. The molecule has 0 aromatic carbocycles. The lowest BCUT2D eigenvalue weighted by molar-refractivity contribution is -0.00299. The van der Waals surface area contributed by atoms with Crippen LogP contribution in [0.15, 0.2) is 18.0 Å². The Morgan fingerprint density at radius 3 is 3.18 bits per heavy atom.